The fraction of sp³-hybridized carbons (Fsp3) is 0.308. The zero-order valence-corrected chi connectivity index (χ0v) is 10.0. The highest BCUT2D eigenvalue weighted by Crippen LogP contribution is 2.27. The summed E-state index contributed by atoms with van der Waals surface area (Å²) in [4.78, 5) is 0. The number of hydrogen-bond donors (Lipinski definition) is 1. The molecule has 0 radical (unpaired) electrons. The van der Waals surface area contributed by atoms with Gasteiger partial charge in [0.25, 0.3) is 0 Å². The fourth-order valence-electron chi connectivity index (χ4n) is 1.69. The highest BCUT2D eigenvalue weighted by molar-refractivity contribution is 5.30. The van der Waals surface area contributed by atoms with Crippen LogP contribution in [-0.2, 0) is 0 Å². The zero-order valence-electron chi connectivity index (χ0n) is 10.0. The fourth-order valence-corrected chi connectivity index (χ4v) is 1.69. The maximum Gasteiger partial charge on any atom is 0.389 e. The highest BCUT2D eigenvalue weighted by Gasteiger charge is 2.28. The van der Waals surface area contributed by atoms with Gasteiger partial charge in [0.05, 0.1) is 17.5 Å². The van der Waals surface area contributed by atoms with Crippen LogP contribution in [0.3, 0.4) is 0 Å². The Hall–Kier alpha value is -1.82. The van der Waals surface area contributed by atoms with E-state index < -0.39 is 18.7 Å². The van der Waals surface area contributed by atoms with E-state index in [0.717, 1.165) is 5.69 Å². The lowest BCUT2D eigenvalue weighted by Gasteiger charge is -2.10. The van der Waals surface area contributed by atoms with Crippen molar-refractivity contribution in [2.24, 2.45) is 0 Å². The van der Waals surface area contributed by atoms with Crippen LogP contribution in [0, 0.1) is 0 Å². The van der Waals surface area contributed by atoms with Crippen molar-refractivity contribution in [1.82, 2.24) is 9.78 Å². The molecular formula is C13H13F3N2O. The molecule has 0 aliphatic carbocycles. The quantitative estimate of drug-likeness (QED) is 0.926. The Labute approximate surface area is 108 Å². The topological polar surface area (TPSA) is 38.0 Å². The predicted molar refractivity (Wildman–Crippen MR) is 63.8 cm³/mol. The highest BCUT2D eigenvalue weighted by atomic mass is 19.4. The minimum Gasteiger partial charge on any atom is -0.387 e. The number of aliphatic hydroxyl groups is 1. The first-order valence-electron chi connectivity index (χ1n) is 5.81. The first-order chi connectivity index (χ1) is 8.96. The standard InChI is InChI=1S/C13H13F3N2O/c14-13(15,16)8-6-12(19)11-7-9-18(17-11)10-4-2-1-3-5-10/h1-5,7,9,12,19H,6,8H2. The van der Waals surface area contributed by atoms with Gasteiger partial charge in [-0.15, -0.1) is 0 Å². The van der Waals surface area contributed by atoms with Gasteiger partial charge in [0.15, 0.2) is 0 Å². The van der Waals surface area contributed by atoms with Crippen LogP contribution in [0.1, 0.15) is 24.6 Å². The number of aliphatic hydroxyl groups excluding tert-OH is 1. The lowest BCUT2D eigenvalue weighted by atomic mass is 10.1. The van der Waals surface area contributed by atoms with E-state index in [9.17, 15) is 18.3 Å². The van der Waals surface area contributed by atoms with Crippen molar-refractivity contribution in [3.05, 3.63) is 48.3 Å². The van der Waals surface area contributed by atoms with Crippen molar-refractivity contribution in [3.63, 3.8) is 0 Å². The molecule has 1 atom stereocenters. The van der Waals surface area contributed by atoms with Crippen molar-refractivity contribution in [1.29, 1.82) is 0 Å². The van der Waals surface area contributed by atoms with Gasteiger partial charge in [0.2, 0.25) is 0 Å². The molecule has 0 bridgehead atoms. The average Bonchev–Trinajstić information content (AvgIpc) is 2.86. The molecule has 1 aromatic heterocycles. The van der Waals surface area contributed by atoms with Crippen molar-refractivity contribution >= 4 is 0 Å². The molecule has 19 heavy (non-hydrogen) atoms. The molecule has 0 aliphatic heterocycles. The number of benzene rings is 1. The van der Waals surface area contributed by atoms with E-state index in [0.29, 0.717) is 0 Å². The van der Waals surface area contributed by atoms with Crippen LogP contribution in [0.2, 0.25) is 0 Å². The molecule has 1 N–H and O–H groups in total. The van der Waals surface area contributed by atoms with Crippen LogP contribution in [0.15, 0.2) is 42.6 Å². The van der Waals surface area contributed by atoms with Gasteiger partial charge in [0.1, 0.15) is 0 Å². The molecule has 3 nitrogen and oxygen atoms in total. The van der Waals surface area contributed by atoms with Gasteiger partial charge in [-0.05, 0) is 24.6 Å². The first kappa shape index (κ1) is 13.6. The summed E-state index contributed by atoms with van der Waals surface area (Å²) in [5.41, 5.74) is 1.03. The van der Waals surface area contributed by atoms with Gasteiger partial charge < -0.3 is 5.11 Å². The average molecular weight is 270 g/mol. The SMILES string of the molecule is OC(CCC(F)(F)F)c1ccn(-c2ccccc2)n1. The van der Waals surface area contributed by atoms with Crippen LogP contribution in [-0.4, -0.2) is 21.1 Å². The minimum atomic E-state index is -4.26. The molecule has 1 aromatic carbocycles. The molecule has 6 heteroatoms. The van der Waals surface area contributed by atoms with Crippen LogP contribution < -0.4 is 0 Å². The summed E-state index contributed by atoms with van der Waals surface area (Å²) >= 11 is 0. The number of rotatable bonds is 4. The van der Waals surface area contributed by atoms with Gasteiger partial charge in [-0.3, -0.25) is 0 Å². The lowest BCUT2D eigenvalue weighted by Crippen LogP contribution is -2.10. The molecular weight excluding hydrogens is 257 g/mol. The molecule has 2 aromatic rings. The Morgan fingerprint density at radius 2 is 1.84 bits per heavy atom. The third-order valence-corrected chi connectivity index (χ3v) is 2.67. The van der Waals surface area contributed by atoms with Crippen LogP contribution >= 0.6 is 0 Å². The largest absolute Gasteiger partial charge is 0.389 e. The summed E-state index contributed by atoms with van der Waals surface area (Å²) in [6, 6.07) is 10.7. The van der Waals surface area contributed by atoms with Crippen LogP contribution in [0.4, 0.5) is 13.2 Å². The Morgan fingerprint density at radius 3 is 2.47 bits per heavy atom. The first-order valence-corrected chi connectivity index (χ1v) is 5.81. The maximum absolute atomic E-state index is 12.1. The van der Waals surface area contributed by atoms with Crippen molar-refractivity contribution < 1.29 is 18.3 Å². The molecule has 0 saturated carbocycles. The molecule has 102 valence electrons. The Kier molecular flexibility index (Phi) is 3.90. The van der Waals surface area contributed by atoms with E-state index >= 15 is 0 Å². The van der Waals surface area contributed by atoms with Crippen molar-refractivity contribution in [2.45, 2.75) is 25.1 Å². The summed E-state index contributed by atoms with van der Waals surface area (Å²) in [6.45, 7) is 0. The lowest BCUT2D eigenvalue weighted by molar-refractivity contribution is -0.140. The van der Waals surface area contributed by atoms with Crippen LogP contribution in [0.5, 0.6) is 0 Å². The van der Waals surface area contributed by atoms with E-state index in [1.165, 1.54) is 10.7 Å². The molecule has 1 unspecified atom stereocenters. The molecule has 0 amide bonds. The van der Waals surface area contributed by atoms with E-state index in [4.69, 9.17) is 0 Å². The smallest absolute Gasteiger partial charge is 0.387 e. The van der Waals surface area contributed by atoms with Gasteiger partial charge in [-0.1, -0.05) is 18.2 Å². The van der Waals surface area contributed by atoms with Crippen molar-refractivity contribution in [2.75, 3.05) is 0 Å². The number of alkyl halides is 3. The van der Waals surface area contributed by atoms with Crippen LogP contribution in [0.25, 0.3) is 5.69 Å². The predicted octanol–water partition coefficient (Wildman–Crippen LogP) is 3.25. The van der Waals surface area contributed by atoms with Crippen molar-refractivity contribution in [3.8, 4) is 5.69 Å². The third kappa shape index (κ3) is 3.82. The number of nitrogens with zero attached hydrogens (tertiary/aromatic N) is 2. The maximum atomic E-state index is 12.1. The van der Waals surface area contributed by atoms with Gasteiger partial charge in [0, 0.05) is 12.6 Å². The van der Waals surface area contributed by atoms with E-state index in [1.54, 1.807) is 6.20 Å². The second kappa shape index (κ2) is 5.44. The normalized spacial score (nSPS) is 13.5. The second-order valence-electron chi connectivity index (χ2n) is 4.19. The summed E-state index contributed by atoms with van der Waals surface area (Å²) in [5, 5.41) is 13.7. The van der Waals surface area contributed by atoms with Gasteiger partial charge in [-0.25, -0.2) is 4.68 Å². The van der Waals surface area contributed by atoms with E-state index in [-0.39, 0.29) is 12.1 Å². The molecule has 0 spiro atoms. The number of halogens is 3. The molecule has 1 heterocycles. The summed E-state index contributed by atoms with van der Waals surface area (Å²) in [6.07, 6.45) is -5.25. The number of hydrogen-bond acceptors (Lipinski definition) is 2. The minimum absolute atomic E-state index is 0.244. The zero-order chi connectivity index (χ0) is 13.9. The second-order valence-corrected chi connectivity index (χ2v) is 4.19. The van der Waals surface area contributed by atoms with E-state index in [2.05, 4.69) is 5.10 Å². The molecule has 0 saturated heterocycles. The summed E-state index contributed by atoms with van der Waals surface area (Å²) in [7, 11) is 0. The number of para-hydroxylation sites is 1. The molecule has 0 fully saturated rings. The van der Waals surface area contributed by atoms with Gasteiger partial charge in [-0.2, -0.15) is 18.3 Å². The monoisotopic (exact) mass is 270 g/mol. The Morgan fingerprint density at radius 1 is 1.16 bits per heavy atom. The third-order valence-electron chi connectivity index (χ3n) is 2.67. The summed E-state index contributed by atoms with van der Waals surface area (Å²) in [5.74, 6) is 0. The van der Waals surface area contributed by atoms with Gasteiger partial charge >= 0.3 is 6.18 Å². The number of aromatic nitrogens is 2. The molecule has 0 aliphatic rings. The Balaban J connectivity index is 2.05. The molecule has 2 rings (SSSR count). The summed E-state index contributed by atoms with van der Waals surface area (Å²) < 4.78 is 37.7. The van der Waals surface area contributed by atoms with E-state index in [1.807, 2.05) is 30.3 Å². The Bertz CT molecular complexity index is 522.